The number of nitrogen functional groups attached to an aromatic ring is 1. The first-order chi connectivity index (χ1) is 6.83. The van der Waals surface area contributed by atoms with Crippen molar-refractivity contribution < 1.29 is 4.74 Å². The van der Waals surface area contributed by atoms with E-state index in [4.69, 9.17) is 10.5 Å². The van der Waals surface area contributed by atoms with Crippen molar-refractivity contribution in [2.75, 3.05) is 12.3 Å². The van der Waals surface area contributed by atoms with Gasteiger partial charge < -0.3 is 15.5 Å². The summed E-state index contributed by atoms with van der Waals surface area (Å²) in [5, 5.41) is 1.15. The lowest BCUT2D eigenvalue weighted by molar-refractivity contribution is 0.135. The van der Waals surface area contributed by atoms with Gasteiger partial charge in [-0.15, -0.1) is 0 Å². The predicted molar refractivity (Wildman–Crippen MR) is 58.0 cm³/mol. The van der Waals surface area contributed by atoms with Gasteiger partial charge in [-0.25, -0.2) is 0 Å². The summed E-state index contributed by atoms with van der Waals surface area (Å²) in [7, 11) is 0. The number of fused-ring (bicyclic) bond motifs is 1. The Balaban J connectivity index is 2.42. The zero-order valence-electron chi connectivity index (χ0n) is 8.21. The van der Waals surface area contributed by atoms with Crippen LogP contribution in [0.4, 0.5) is 5.69 Å². The van der Waals surface area contributed by atoms with E-state index in [1.807, 2.05) is 25.3 Å². The summed E-state index contributed by atoms with van der Waals surface area (Å²) in [5.74, 6) is 0. The van der Waals surface area contributed by atoms with Crippen molar-refractivity contribution in [3.63, 3.8) is 0 Å². The SMILES string of the molecule is CCOCc1c[nH]c2c(N)cccc12. The molecular formula is C11H14N2O. The molecule has 2 rings (SSSR count). The molecule has 74 valence electrons. The summed E-state index contributed by atoms with van der Waals surface area (Å²) in [4.78, 5) is 3.16. The molecule has 0 bridgehead atoms. The Morgan fingerprint density at radius 3 is 3.07 bits per heavy atom. The number of hydrogen-bond acceptors (Lipinski definition) is 2. The second kappa shape index (κ2) is 3.72. The maximum Gasteiger partial charge on any atom is 0.0737 e. The van der Waals surface area contributed by atoms with Gasteiger partial charge in [0.2, 0.25) is 0 Å². The quantitative estimate of drug-likeness (QED) is 0.729. The molecule has 0 atom stereocenters. The number of nitrogens with one attached hydrogen (secondary N) is 1. The summed E-state index contributed by atoms with van der Waals surface area (Å²) in [6.45, 7) is 3.36. The Morgan fingerprint density at radius 2 is 2.29 bits per heavy atom. The summed E-state index contributed by atoms with van der Waals surface area (Å²) in [5.41, 5.74) is 8.77. The molecule has 1 heterocycles. The number of aromatic nitrogens is 1. The molecule has 1 aromatic heterocycles. The Labute approximate surface area is 82.9 Å². The third-order valence-electron chi connectivity index (χ3n) is 2.30. The summed E-state index contributed by atoms with van der Waals surface area (Å²) in [6.07, 6.45) is 1.96. The van der Waals surface area contributed by atoms with Gasteiger partial charge in [0.05, 0.1) is 17.8 Å². The molecule has 3 nitrogen and oxygen atoms in total. The van der Waals surface area contributed by atoms with Crippen LogP contribution in [0, 0.1) is 0 Å². The van der Waals surface area contributed by atoms with Gasteiger partial charge in [0.25, 0.3) is 0 Å². The summed E-state index contributed by atoms with van der Waals surface area (Å²) < 4.78 is 5.37. The molecule has 0 spiro atoms. The van der Waals surface area contributed by atoms with E-state index in [-0.39, 0.29) is 0 Å². The number of para-hydroxylation sites is 1. The van der Waals surface area contributed by atoms with Crippen molar-refractivity contribution in [2.24, 2.45) is 0 Å². The van der Waals surface area contributed by atoms with Gasteiger partial charge in [-0.1, -0.05) is 12.1 Å². The molecular weight excluding hydrogens is 176 g/mol. The van der Waals surface area contributed by atoms with Crippen molar-refractivity contribution in [2.45, 2.75) is 13.5 Å². The molecule has 0 fully saturated rings. The van der Waals surface area contributed by atoms with Gasteiger partial charge in [-0.2, -0.15) is 0 Å². The van der Waals surface area contributed by atoms with Gasteiger partial charge >= 0.3 is 0 Å². The third-order valence-corrected chi connectivity index (χ3v) is 2.30. The van der Waals surface area contributed by atoms with E-state index in [0.29, 0.717) is 6.61 Å². The maximum atomic E-state index is 5.83. The first-order valence-electron chi connectivity index (χ1n) is 4.75. The van der Waals surface area contributed by atoms with Crippen molar-refractivity contribution in [1.82, 2.24) is 4.98 Å². The molecule has 0 amide bonds. The fraction of sp³-hybridized carbons (Fsp3) is 0.273. The Kier molecular flexibility index (Phi) is 2.41. The van der Waals surface area contributed by atoms with Gasteiger partial charge in [-0.3, -0.25) is 0 Å². The highest BCUT2D eigenvalue weighted by Gasteiger charge is 2.04. The van der Waals surface area contributed by atoms with Crippen molar-refractivity contribution in [1.29, 1.82) is 0 Å². The number of benzene rings is 1. The topological polar surface area (TPSA) is 51.0 Å². The number of aromatic amines is 1. The van der Waals surface area contributed by atoms with Crippen molar-refractivity contribution in [3.05, 3.63) is 30.0 Å². The van der Waals surface area contributed by atoms with Crippen LogP contribution in [0.5, 0.6) is 0 Å². The second-order valence-electron chi connectivity index (χ2n) is 3.22. The molecule has 0 radical (unpaired) electrons. The largest absolute Gasteiger partial charge is 0.397 e. The Hall–Kier alpha value is -1.48. The van der Waals surface area contributed by atoms with E-state index >= 15 is 0 Å². The van der Waals surface area contributed by atoms with E-state index in [0.717, 1.165) is 28.8 Å². The molecule has 0 aliphatic carbocycles. The van der Waals surface area contributed by atoms with E-state index in [2.05, 4.69) is 11.1 Å². The normalized spacial score (nSPS) is 10.9. The lowest BCUT2D eigenvalue weighted by Crippen LogP contribution is -1.90. The highest BCUT2D eigenvalue weighted by Crippen LogP contribution is 2.23. The molecule has 0 saturated heterocycles. The van der Waals surface area contributed by atoms with Crippen LogP contribution in [0.2, 0.25) is 0 Å². The van der Waals surface area contributed by atoms with Crippen LogP contribution in [0.1, 0.15) is 12.5 Å². The Morgan fingerprint density at radius 1 is 1.43 bits per heavy atom. The zero-order chi connectivity index (χ0) is 9.97. The van der Waals surface area contributed by atoms with E-state index in [1.54, 1.807) is 0 Å². The van der Waals surface area contributed by atoms with Gasteiger partial charge in [0.1, 0.15) is 0 Å². The van der Waals surface area contributed by atoms with Crippen LogP contribution < -0.4 is 5.73 Å². The van der Waals surface area contributed by atoms with Crippen LogP contribution >= 0.6 is 0 Å². The third kappa shape index (κ3) is 1.46. The molecule has 0 saturated carbocycles. The van der Waals surface area contributed by atoms with Crippen LogP contribution in [0.25, 0.3) is 10.9 Å². The summed E-state index contributed by atoms with van der Waals surface area (Å²) in [6, 6.07) is 5.90. The van der Waals surface area contributed by atoms with Crippen LogP contribution in [0.15, 0.2) is 24.4 Å². The zero-order valence-corrected chi connectivity index (χ0v) is 8.21. The van der Waals surface area contributed by atoms with Gasteiger partial charge in [0.15, 0.2) is 0 Å². The summed E-state index contributed by atoms with van der Waals surface area (Å²) >= 11 is 0. The predicted octanol–water partition coefficient (Wildman–Crippen LogP) is 2.29. The molecule has 2 aromatic rings. The molecule has 0 aliphatic heterocycles. The average Bonchev–Trinajstić information content (AvgIpc) is 2.60. The minimum absolute atomic E-state index is 0.639. The first-order valence-corrected chi connectivity index (χ1v) is 4.75. The lowest BCUT2D eigenvalue weighted by atomic mass is 10.1. The molecule has 0 aliphatic rings. The molecule has 1 aromatic carbocycles. The maximum absolute atomic E-state index is 5.83. The van der Waals surface area contributed by atoms with Crippen molar-refractivity contribution in [3.8, 4) is 0 Å². The van der Waals surface area contributed by atoms with E-state index in [9.17, 15) is 0 Å². The van der Waals surface area contributed by atoms with Gasteiger partial charge in [0, 0.05) is 23.8 Å². The van der Waals surface area contributed by atoms with E-state index in [1.165, 1.54) is 0 Å². The highest BCUT2D eigenvalue weighted by atomic mass is 16.5. The lowest BCUT2D eigenvalue weighted by Gasteiger charge is -1.99. The molecule has 3 heteroatoms. The number of rotatable bonds is 3. The molecule has 0 unspecified atom stereocenters. The first kappa shape index (κ1) is 9.09. The van der Waals surface area contributed by atoms with E-state index < -0.39 is 0 Å². The number of anilines is 1. The molecule has 14 heavy (non-hydrogen) atoms. The fourth-order valence-electron chi connectivity index (χ4n) is 1.57. The number of H-pyrrole nitrogens is 1. The minimum Gasteiger partial charge on any atom is -0.397 e. The standard InChI is InChI=1S/C11H14N2O/c1-2-14-7-8-6-13-11-9(8)4-3-5-10(11)12/h3-6,13H,2,7,12H2,1H3. The van der Waals surface area contributed by atoms with Crippen LogP contribution in [-0.2, 0) is 11.3 Å². The molecule has 3 N–H and O–H groups in total. The number of hydrogen-bond donors (Lipinski definition) is 2. The second-order valence-corrected chi connectivity index (χ2v) is 3.22. The van der Waals surface area contributed by atoms with Gasteiger partial charge in [-0.05, 0) is 13.0 Å². The Bertz CT molecular complexity index is 434. The highest BCUT2D eigenvalue weighted by molar-refractivity contribution is 5.92. The minimum atomic E-state index is 0.639. The van der Waals surface area contributed by atoms with Crippen LogP contribution in [0.3, 0.4) is 0 Å². The average molecular weight is 190 g/mol. The number of nitrogens with two attached hydrogens (primary N) is 1. The fourth-order valence-corrected chi connectivity index (χ4v) is 1.57. The monoisotopic (exact) mass is 190 g/mol. The van der Waals surface area contributed by atoms with Crippen LogP contribution in [-0.4, -0.2) is 11.6 Å². The number of ether oxygens (including phenoxy) is 1. The smallest absolute Gasteiger partial charge is 0.0737 e. The van der Waals surface area contributed by atoms with Crippen molar-refractivity contribution >= 4 is 16.6 Å².